The molecular formula is C20H14BrClN2O5S. The molecule has 10 heteroatoms. The van der Waals surface area contributed by atoms with Crippen LogP contribution >= 0.6 is 27.5 Å². The Morgan fingerprint density at radius 1 is 0.967 bits per heavy atom. The number of carboxylic acid groups (broad SMARTS) is 1. The molecule has 0 bridgehead atoms. The van der Waals surface area contributed by atoms with E-state index >= 15 is 0 Å². The van der Waals surface area contributed by atoms with Gasteiger partial charge in [0, 0.05) is 15.1 Å². The topological polar surface area (TPSA) is 113 Å². The number of carboxylic acids is 1. The van der Waals surface area contributed by atoms with E-state index in [1.165, 1.54) is 42.5 Å². The van der Waals surface area contributed by atoms with Gasteiger partial charge in [-0.1, -0.05) is 33.6 Å². The van der Waals surface area contributed by atoms with Crippen LogP contribution in [0.25, 0.3) is 0 Å². The largest absolute Gasteiger partial charge is 0.478 e. The van der Waals surface area contributed by atoms with Crippen molar-refractivity contribution in [2.75, 3.05) is 10.0 Å². The maximum Gasteiger partial charge on any atom is 0.337 e. The van der Waals surface area contributed by atoms with Crippen molar-refractivity contribution in [2.45, 2.75) is 4.90 Å². The molecule has 0 radical (unpaired) electrons. The molecule has 0 aliphatic rings. The van der Waals surface area contributed by atoms with Crippen molar-refractivity contribution < 1.29 is 23.1 Å². The predicted octanol–water partition coefficient (Wildman–Crippen LogP) is 4.85. The molecule has 0 aromatic heterocycles. The van der Waals surface area contributed by atoms with E-state index in [9.17, 15) is 23.1 Å². The minimum absolute atomic E-state index is 0.0473. The highest BCUT2D eigenvalue weighted by Gasteiger charge is 2.17. The number of halogens is 2. The summed E-state index contributed by atoms with van der Waals surface area (Å²) in [6.07, 6.45) is 0. The monoisotopic (exact) mass is 508 g/mol. The van der Waals surface area contributed by atoms with Crippen LogP contribution < -0.4 is 10.0 Å². The van der Waals surface area contributed by atoms with Crippen LogP contribution in [0, 0.1) is 0 Å². The smallest absolute Gasteiger partial charge is 0.337 e. The zero-order chi connectivity index (χ0) is 21.9. The molecule has 154 valence electrons. The molecule has 0 saturated carbocycles. The van der Waals surface area contributed by atoms with E-state index in [2.05, 4.69) is 26.0 Å². The number of amides is 1. The second-order valence-electron chi connectivity index (χ2n) is 6.09. The molecule has 0 spiro atoms. The average Bonchev–Trinajstić information content (AvgIpc) is 2.69. The summed E-state index contributed by atoms with van der Waals surface area (Å²) in [6, 6.07) is 15.9. The van der Waals surface area contributed by atoms with E-state index in [0.29, 0.717) is 15.2 Å². The lowest BCUT2D eigenvalue weighted by Gasteiger charge is -2.11. The van der Waals surface area contributed by atoms with Gasteiger partial charge in [-0.15, -0.1) is 0 Å². The molecule has 7 nitrogen and oxygen atoms in total. The highest BCUT2D eigenvalue weighted by Crippen LogP contribution is 2.23. The number of aromatic carboxylic acids is 1. The molecule has 0 saturated heterocycles. The lowest BCUT2D eigenvalue weighted by Crippen LogP contribution is -2.16. The van der Waals surface area contributed by atoms with Gasteiger partial charge in [0.05, 0.1) is 21.8 Å². The fourth-order valence-corrected chi connectivity index (χ4v) is 4.15. The number of rotatable bonds is 6. The van der Waals surface area contributed by atoms with Crippen LogP contribution in [-0.4, -0.2) is 25.4 Å². The summed E-state index contributed by atoms with van der Waals surface area (Å²) in [5.74, 6) is -1.77. The second kappa shape index (κ2) is 8.86. The predicted molar refractivity (Wildman–Crippen MR) is 118 cm³/mol. The van der Waals surface area contributed by atoms with Crippen LogP contribution in [0.4, 0.5) is 11.4 Å². The lowest BCUT2D eigenvalue weighted by atomic mass is 10.1. The molecule has 3 N–H and O–H groups in total. The third kappa shape index (κ3) is 5.18. The molecule has 0 fully saturated rings. The van der Waals surface area contributed by atoms with Crippen LogP contribution in [0.5, 0.6) is 0 Å². The van der Waals surface area contributed by atoms with E-state index in [1.807, 2.05) is 0 Å². The van der Waals surface area contributed by atoms with Gasteiger partial charge in [-0.05, 0) is 60.7 Å². The van der Waals surface area contributed by atoms with Crippen molar-refractivity contribution in [1.29, 1.82) is 0 Å². The Morgan fingerprint density at radius 3 is 2.30 bits per heavy atom. The lowest BCUT2D eigenvalue weighted by molar-refractivity contribution is 0.0698. The van der Waals surface area contributed by atoms with Crippen molar-refractivity contribution in [3.8, 4) is 0 Å². The molecular weight excluding hydrogens is 496 g/mol. The van der Waals surface area contributed by atoms with Gasteiger partial charge in [0.15, 0.2) is 0 Å². The first kappa shape index (κ1) is 21.8. The van der Waals surface area contributed by atoms with Crippen molar-refractivity contribution in [1.82, 2.24) is 0 Å². The molecule has 0 unspecified atom stereocenters. The summed E-state index contributed by atoms with van der Waals surface area (Å²) in [7, 11) is -3.88. The van der Waals surface area contributed by atoms with Gasteiger partial charge in [-0.3, -0.25) is 9.52 Å². The quantitative estimate of drug-likeness (QED) is 0.439. The van der Waals surface area contributed by atoms with Gasteiger partial charge >= 0.3 is 5.97 Å². The summed E-state index contributed by atoms with van der Waals surface area (Å²) in [5.41, 5.74) is 0.509. The molecule has 30 heavy (non-hydrogen) atoms. The van der Waals surface area contributed by atoms with Gasteiger partial charge in [0.1, 0.15) is 0 Å². The number of hydrogen-bond donors (Lipinski definition) is 3. The Bertz CT molecular complexity index is 1230. The van der Waals surface area contributed by atoms with Crippen molar-refractivity contribution in [2.24, 2.45) is 0 Å². The maximum absolute atomic E-state index is 12.5. The van der Waals surface area contributed by atoms with E-state index < -0.39 is 21.9 Å². The van der Waals surface area contributed by atoms with E-state index in [0.717, 1.165) is 0 Å². The van der Waals surface area contributed by atoms with Crippen LogP contribution in [-0.2, 0) is 10.0 Å². The van der Waals surface area contributed by atoms with Crippen molar-refractivity contribution >= 4 is 60.8 Å². The van der Waals surface area contributed by atoms with E-state index in [4.69, 9.17) is 11.6 Å². The Labute approximate surface area is 185 Å². The zero-order valence-corrected chi connectivity index (χ0v) is 18.3. The normalized spacial score (nSPS) is 11.0. The summed E-state index contributed by atoms with van der Waals surface area (Å²) < 4.78 is 28.0. The summed E-state index contributed by atoms with van der Waals surface area (Å²) in [6.45, 7) is 0. The van der Waals surface area contributed by atoms with Crippen LogP contribution in [0.2, 0.25) is 5.02 Å². The average molecular weight is 510 g/mol. The van der Waals surface area contributed by atoms with E-state index in [1.54, 1.807) is 24.3 Å². The molecule has 0 heterocycles. The van der Waals surface area contributed by atoms with Gasteiger partial charge < -0.3 is 10.4 Å². The molecule has 3 aromatic rings. The number of hydrogen-bond acceptors (Lipinski definition) is 4. The number of carbonyl (C=O) groups excluding carboxylic acids is 1. The Balaban J connectivity index is 1.78. The minimum Gasteiger partial charge on any atom is -0.478 e. The Morgan fingerprint density at radius 2 is 1.67 bits per heavy atom. The van der Waals surface area contributed by atoms with Crippen molar-refractivity contribution in [3.05, 3.63) is 87.4 Å². The van der Waals surface area contributed by atoms with Gasteiger partial charge in [-0.25, -0.2) is 13.2 Å². The first-order chi connectivity index (χ1) is 14.2. The molecule has 0 atom stereocenters. The second-order valence-corrected chi connectivity index (χ2v) is 9.12. The Hall–Kier alpha value is -2.88. The SMILES string of the molecule is O=C(Nc1ccc(Br)cc1C(=O)O)c1ccc(S(=O)(=O)Nc2cccc(Cl)c2)cc1. The summed E-state index contributed by atoms with van der Waals surface area (Å²) in [5, 5.41) is 12.2. The minimum atomic E-state index is -3.88. The highest BCUT2D eigenvalue weighted by atomic mass is 79.9. The van der Waals surface area contributed by atoms with Gasteiger partial charge in [-0.2, -0.15) is 0 Å². The van der Waals surface area contributed by atoms with Crippen molar-refractivity contribution in [3.63, 3.8) is 0 Å². The fourth-order valence-electron chi connectivity index (χ4n) is 2.55. The summed E-state index contributed by atoms with van der Waals surface area (Å²) in [4.78, 5) is 23.8. The molecule has 0 aliphatic heterocycles. The van der Waals surface area contributed by atoms with Gasteiger partial charge in [0.2, 0.25) is 0 Å². The molecule has 1 amide bonds. The number of benzene rings is 3. The van der Waals surface area contributed by atoms with Gasteiger partial charge in [0.25, 0.3) is 15.9 Å². The number of carbonyl (C=O) groups is 2. The van der Waals surface area contributed by atoms with Crippen LogP contribution in [0.1, 0.15) is 20.7 Å². The van der Waals surface area contributed by atoms with Crippen LogP contribution in [0.3, 0.4) is 0 Å². The highest BCUT2D eigenvalue weighted by molar-refractivity contribution is 9.10. The third-order valence-electron chi connectivity index (χ3n) is 3.96. The first-order valence-corrected chi connectivity index (χ1v) is 11.0. The third-order valence-corrected chi connectivity index (χ3v) is 6.09. The maximum atomic E-state index is 12.5. The first-order valence-electron chi connectivity index (χ1n) is 8.38. The molecule has 3 rings (SSSR count). The molecule has 3 aromatic carbocycles. The number of sulfonamides is 1. The summed E-state index contributed by atoms with van der Waals surface area (Å²) >= 11 is 9.05. The zero-order valence-electron chi connectivity index (χ0n) is 15.1. The Kier molecular flexibility index (Phi) is 6.45. The fraction of sp³-hybridized carbons (Fsp3) is 0. The number of nitrogens with one attached hydrogen (secondary N) is 2. The van der Waals surface area contributed by atoms with Crippen LogP contribution in [0.15, 0.2) is 76.1 Å². The van der Waals surface area contributed by atoms with E-state index in [-0.39, 0.29) is 21.7 Å². The molecule has 0 aliphatic carbocycles. The number of anilines is 2. The standard InChI is InChI=1S/C20H14BrClN2O5S/c21-13-6-9-18(17(10-13)20(26)27)23-19(25)12-4-7-16(8-5-12)30(28,29)24-15-3-1-2-14(22)11-15/h1-11,24H,(H,23,25)(H,26,27).